The van der Waals surface area contributed by atoms with Gasteiger partial charge in [0, 0.05) is 0 Å². The van der Waals surface area contributed by atoms with Crippen LogP contribution in [0.15, 0.2) is 6.20 Å². The minimum atomic E-state index is -1.16. The Bertz CT molecular complexity index is 415. The van der Waals surface area contributed by atoms with Gasteiger partial charge in [-0.25, -0.2) is 4.79 Å². The molecule has 0 bridgehead atoms. The lowest BCUT2D eigenvalue weighted by Crippen LogP contribution is -2.40. The molecule has 1 amide bonds. The summed E-state index contributed by atoms with van der Waals surface area (Å²) in [7, 11) is 0. The van der Waals surface area contributed by atoms with Crippen LogP contribution in [0.1, 0.15) is 30.6 Å². The molecule has 7 nitrogen and oxygen atoms in total. The van der Waals surface area contributed by atoms with Crippen molar-refractivity contribution < 1.29 is 14.7 Å². The van der Waals surface area contributed by atoms with E-state index in [1.54, 1.807) is 0 Å². The number of carbonyl (C=O) groups is 2. The van der Waals surface area contributed by atoms with Gasteiger partial charge in [0.1, 0.15) is 11.4 Å². The fraction of sp³-hybridized carbons (Fsp3) is 0.500. The molecule has 1 unspecified atom stereocenters. The van der Waals surface area contributed by atoms with Crippen LogP contribution in [0.4, 0.5) is 5.82 Å². The first-order valence-corrected chi connectivity index (χ1v) is 5.30. The van der Waals surface area contributed by atoms with Crippen LogP contribution in [0.3, 0.4) is 0 Å². The first-order valence-electron chi connectivity index (χ1n) is 5.30. The van der Waals surface area contributed by atoms with Gasteiger partial charge in [0.15, 0.2) is 0 Å². The van der Waals surface area contributed by atoms with Gasteiger partial charge >= 0.3 is 5.97 Å². The Morgan fingerprint density at radius 2 is 2.29 bits per heavy atom. The topological polar surface area (TPSA) is 121 Å². The molecule has 0 saturated carbocycles. The van der Waals surface area contributed by atoms with Crippen LogP contribution in [0.25, 0.3) is 0 Å². The lowest BCUT2D eigenvalue weighted by atomic mass is 9.99. The summed E-state index contributed by atoms with van der Waals surface area (Å²) in [4.78, 5) is 22.5. The van der Waals surface area contributed by atoms with Crippen LogP contribution in [0.2, 0.25) is 0 Å². The highest BCUT2D eigenvalue weighted by molar-refractivity contribution is 6.00. The van der Waals surface area contributed by atoms with Crippen molar-refractivity contribution in [2.75, 3.05) is 5.32 Å². The van der Waals surface area contributed by atoms with Gasteiger partial charge in [-0.15, -0.1) is 0 Å². The molecule has 5 N–H and O–H groups in total. The average molecular weight is 240 g/mol. The van der Waals surface area contributed by atoms with Crippen molar-refractivity contribution >= 4 is 17.7 Å². The zero-order valence-corrected chi connectivity index (χ0v) is 9.73. The predicted octanol–water partition coefficient (Wildman–Crippen LogP) is 0.420. The number of H-pyrrole nitrogens is 1. The SMILES string of the molecule is CCC(C)[C@H](N)C(=O)Nc1[nH]ncc1C(=O)O. The van der Waals surface area contributed by atoms with Gasteiger partial charge in [-0.05, 0) is 5.92 Å². The van der Waals surface area contributed by atoms with Crippen molar-refractivity contribution in [1.29, 1.82) is 0 Å². The number of aromatic amines is 1. The Labute approximate surface area is 98.4 Å². The maximum atomic E-state index is 11.7. The lowest BCUT2D eigenvalue weighted by molar-refractivity contribution is -0.118. The molecule has 17 heavy (non-hydrogen) atoms. The van der Waals surface area contributed by atoms with E-state index in [1.807, 2.05) is 13.8 Å². The minimum Gasteiger partial charge on any atom is -0.477 e. The number of amides is 1. The number of carboxylic acid groups (broad SMARTS) is 1. The zero-order valence-electron chi connectivity index (χ0n) is 9.73. The van der Waals surface area contributed by atoms with E-state index in [-0.39, 0.29) is 17.3 Å². The maximum absolute atomic E-state index is 11.7. The maximum Gasteiger partial charge on any atom is 0.341 e. The Kier molecular flexibility index (Phi) is 4.22. The highest BCUT2D eigenvalue weighted by Crippen LogP contribution is 2.13. The molecule has 0 aliphatic rings. The average Bonchev–Trinajstić information content (AvgIpc) is 2.75. The molecule has 0 aliphatic carbocycles. The second-order valence-corrected chi connectivity index (χ2v) is 3.86. The van der Waals surface area contributed by atoms with Crippen LogP contribution in [0, 0.1) is 5.92 Å². The summed E-state index contributed by atoms with van der Waals surface area (Å²) in [5, 5.41) is 17.2. The fourth-order valence-corrected chi connectivity index (χ4v) is 1.26. The summed E-state index contributed by atoms with van der Waals surface area (Å²) in [6.45, 7) is 3.78. The number of nitrogens with zero attached hydrogens (tertiary/aromatic N) is 1. The number of anilines is 1. The van der Waals surface area contributed by atoms with Gasteiger partial charge in [-0.2, -0.15) is 5.10 Å². The molecule has 0 spiro atoms. The van der Waals surface area contributed by atoms with Crippen molar-refractivity contribution in [3.8, 4) is 0 Å². The van der Waals surface area contributed by atoms with E-state index >= 15 is 0 Å². The summed E-state index contributed by atoms with van der Waals surface area (Å²) in [5.74, 6) is -1.51. The zero-order chi connectivity index (χ0) is 13.0. The number of aromatic carboxylic acids is 1. The standard InChI is InChI=1S/C10H16N4O3/c1-3-5(2)7(11)9(15)13-8-6(10(16)17)4-12-14-8/h4-5,7H,3,11H2,1-2H3,(H,16,17)(H2,12,13,14,15)/t5?,7-/m0/s1. The molecule has 0 aliphatic heterocycles. The van der Waals surface area contributed by atoms with Crippen LogP contribution < -0.4 is 11.1 Å². The molecule has 0 saturated heterocycles. The number of rotatable bonds is 5. The highest BCUT2D eigenvalue weighted by atomic mass is 16.4. The van der Waals surface area contributed by atoms with Crippen molar-refractivity contribution in [2.24, 2.45) is 11.7 Å². The summed E-state index contributed by atoms with van der Waals surface area (Å²) >= 11 is 0. The van der Waals surface area contributed by atoms with Crippen LogP contribution in [-0.4, -0.2) is 33.2 Å². The van der Waals surface area contributed by atoms with Gasteiger partial charge in [-0.3, -0.25) is 9.89 Å². The minimum absolute atomic E-state index is 0.0196. The molecule has 0 fully saturated rings. The van der Waals surface area contributed by atoms with Crippen molar-refractivity contribution in [2.45, 2.75) is 26.3 Å². The molecule has 2 atom stereocenters. The molecule has 1 heterocycles. The molecule has 0 aromatic carbocycles. The van der Waals surface area contributed by atoms with Gasteiger partial charge in [0.05, 0.1) is 12.2 Å². The van der Waals surface area contributed by atoms with Crippen LogP contribution in [-0.2, 0) is 4.79 Å². The van der Waals surface area contributed by atoms with E-state index in [9.17, 15) is 9.59 Å². The Hall–Kier alpha value is -1.89. The number of aromatic nitrogens is 2. The van der Waals surface area contributed by atoms with E-state index in [1.165, 1.54) is 0 Å². The Morgan fingerprint density at radius 1 is 1.65 bits per heavy atom. The van der Waals surface area contributed by atoms with Crippen molar-refractivity contribution in [1.82, 2.24) is 10.2 Å². The largest absolute Gasteiger partial charge is 0.477 e. The quantitative estimate of drug-likeness (QED) is 0.594. The molecule has 1 aromatic rings. The fourth-order valence-electron chi connectivity index (χ4n) is 1.26. The van der Waals surface area contributed by atoms with Crippen LogP contribution >= 0.6 is 0 Å². The summed E-state index contributed by atoms with van der Waals surface area (Å²) in [5.41, 5.74) is 5.63. The number of nitrogens with two attached hydrogens (primary N) is 1. The van der Waals surface area contributed by atoms with Gasteiger partial charge < -0.3 is 16.2 Å². The smallest absolute Gasteiger partial charge is 0.341 e. The third kappa shape index (κ3) is 3.04. The summed E-state index contributed by atoms with van der Waals surface area (Å²) in [6.07, 6.45) is 1.90. The van der Waals surface area contributed by atoms with E-state index in [4.69, 9.17) is 10.8 Å². The normalized spacial score (nSPS) is 14.1. The molecular formula is C10H16N4O3. The second-order valence-electron chi connectivity index (χ2n) is 3.86. The van der Waals surface area contributed by atoms with Crippen molar-refractivity contribution in [3.63, 3.8) is 0 Å². The predicted molar refractivity (Wildman–Crippen MR) is 61.6 cm³/mol. The number of hydrogen-bond donors (Lipinski definition) is 4. The van der Waals surface area contributed by atoms with Crippen LogP contribution in [0.5, 0.6) is 0 Å². The van der Waals surface area contributed by atoms with E-state index in [0.717, 1.165) is 12.6 Å². The molecule has 1 aromatic heterocycles. The van der Waals surface area contributed by atoms with Gasteiger partial charge in [-0.1, -0.05) is 20.3 Å². The third-order valence-corrected chi connectivity index (χ3v) is 2.68. The summed E-state index contributed by atoms with van der Waals surface area (Å²) < 4.78 is 0. The number of nitrogens with one attached hydrogen (secondary N) is 2. The second kappa shape index (κ2) is 5.44. The third-order valence-electron chi connectivity index (χ3n) is 2.68. The van der Waals surface area contributed by atoms with Crippen molar-refractivity contribution in [3.05, 3.63) is 11.8 Å². The first-order chi connectivity index (χ1) is 7.97. The number of carbonyl (C=O) groups excluding carboxylic acids is 1. The number of carboxylic acids is 1. The molecule has 0 radical (unpaired) electrons. The van der Waals surface area contributed by atoms with Gasteiger partial charge in [0.2, 0.25) is 5.91 Å². The lowest BCUT2D eigenvalue weighted by Gasteiger charge is -2.17. The highest BCUT2D eigenvalue weighted by Gasteiger charge is 2.22. The molecule has 94 valence electrons. The Morgan fingerprint density at radius 3 is 2.82 bits per heavy atom. The first kappa shape index (κ1) is 13.2. The summed E-state index contributed by atoms with van der Waals surface area (Å²) in [6, 6.07) is -0.676. The van der Waals surface area contributed by atoms with Gasteiger partial charge in [0.25, 0.3) is 0 Å². The van der Waals surface area contributed by atoms with E-state index in [0.29, 0.717) is 0 Å². The molecular weight excluding hydrogens is 224 g/mol. The molecule has 1 rings (SSSR count). The van der Waals surface area contributed by atoms with E-state index in [2.05, 4.69) is 15.5 Å². The van der Waals surface area contributed by atoms with E-state index < -0.39 is 17.9 Å². The molecule has 7 heteroatoms. The number of hydrogen-bond acceptors (Lipinski definition) is 4. The Balaban J connectivity index is 2.74. The monoisotopic (exact) mass is 240 g/mol.